The second-order valence-corrected chi connectivity index (χ2v) is 7.99. The molecule has 0 aliphatic carbocycles. The van der Waals surface area contributed by atoms with Crippen LogP contribution in [0.1, 0.15) is 10.4 Å². The van der Waals surface area contributed by atoms with Crippen LogP contribution in [-0.4, -0.2) is 52.4 Å². The summed E-state index contributed by atoms with van der Waals surface area (Å²) in [5.41, 5.74) is 0.843. The Labute approximate surface area is 170 Å². The van der Waals surface area contributed by atoms with E-state index in [9.17, 15) is 18.0 Å². The van der Waals surface area contributed by atoms with Crippen molar-refractivity contribution in [3.63, 3.8) is 0 Å². The second-order valence-electron chi connectivity index (χ2n) is 6.22. The highest BCUT2D eigenvalue weighted by Gasteiger charge is 2.14. The molecule has 154 valence electrons. The SMILES string of the molecule is C=CCNS(=O)(=O)c1ccc(C(=O)Nc2ccc(OCC(=O)N(C)C)cc2)cc1. The van der Waals surface area contributed by atoms with Crippen molar-refractivity contribution in [2.75, 3.05) is 32.6 Å². The van der Waals surface area contributed by atoms with E-state index >= 15 is 0 Å². The van der Waals surface area contributed by atoms with Gasteiger partial charge < -0.3 is 15.0 Å². The van der Waals surface area contributed by atoms with E-state index in [4.69, 9.17) is 4.74 Å². The van der Waals surface area contributed by atoms with E-state index in [2.05, 4.69) is 16.6 Å². The summed E-state index contributed by atoms with van der Waals surface area (Å²) < 4.78 is 31.8. The average molecular weight is 417 g/mol. The maximum Gasteiger partial charge on any atom is 0.259 e. The molecule has 9 heteroatoms. The highest BCUT2D eigenvalue weighted by atomic mass is 32.2. The van der Waals surface area contributed by atoms with Crippen molar-refractivity contribution >= 4 is 27.5 Å². The maximum atomic E-state index is 12.4. The molecule has 2 rings (SSSR count). The fourth-order valence-corrected chi connectivity index (χ4v) is 3.15. The number of nitrogens with zero attached hydrogens (tertiary/aromatic N) is 1. The number of hydrogen-bond acceptors (Lipinski definition) is 5. The number of nitrogens with one attached hydrogen (secondary N) is 2. The lowest BCUT2D eigenvalue weighted by atomic mass is 10.2. The van der Waals surface area contributed by atoms with E-state index in [0.29, 0.717) is 17.0 Å². The van der Waals surface area contributed by atoms with Gasteiger partial charge in [0.2, 0.25) is 10.0 Å². The van der Waals surface area contributed by atoms with Gasteiger partial charge in [-0.05, 0) is 48.5 Å². The molecule has 2 amide bonds. The van der Waals surface area contributed by atoms with E-state index in [1.807, 2.05) is 0 Å². The van der Waals surface area contributed by atoms with Crippen molar-refractivity contribution in [1.82, 2.24) is 9.62 Å². The largest absolute Gasteiger partial charge is 0.484 e. The van der Waals surface area contributed by atoms with Crippen molar-refractivity contribution in [1.29, 1.82) is 0 Å². The number of anilines is 1. The lowest BCUT2D eigenvalue weighted by molar-refractivity contribution is -0.130. The lowest BCUT2D eigenvalue weighted by Gasteiger charge is -2.12. The van der Waals surface area contributed by atoms with Gasteiger partial charge in [0, 0.05) is 31.9 Å². The van der Waals surface area contributed by atoms with Gasteiger partial charge >= 0.3 is 0 Å². The number of carbonyl (C=O) groups excluding carboxylic acids is 2. The molecule has 2 aromatic carbocycles. The molecule has 0 aromatic heterocycles. The molecule has 8 nitrogen and oxygen atoms in total. The average Bonchev–Trinajstić information content (AvgIpc) is 2.71. The third-order valence-electron chi connectivity index (χ3n) is 3.82. The van der Waals surface area contributed by atoms with Gasteiger partial charge in [-0.3, -0.25) is 9.59 Å². The molecule has 0 spiro atoms. The zero-order valence-electron chi connectivity index (χ0n) is 16.2. The summed E-state index contributed by atoms with van der Waals surface area (Å²) in [5, 5.41) is 2.71. The molecule has 0 aliphatic heterocycles. The van der Waals surface area contributed by atoms with E-state index < -0.39 is 10.0 Å². The molecule has 2 aromatic rings. The van der Waals surface area contributed by atoms with Gasteiger partial charge in [0.25, 0.3) is 11.8 Å². The standard InChI is InChI=1S/C20H23N3O5S/c1-4-13-21-29(26,27)18-11-5-15(6-12-18)20(25)22-16-7-9-17(10-8-16)28-14-19(24)23(2)3/h4-12,21H,1,13-14H2,2-3H3,(H,22,25). The predicted octanol–water partition coefficient (Wildman–Crippen LogP) is 1.87. The zero-order chi connectivity index (χ0) is 21.4. The summed E-state index contributed by atoms with van der Waals surface area (Å²) in [6.45, 7) is 3.51. The first-order chi connectivity index (χ1) is 13.7. The van der Waals surface area contributed by atoms with Crippen LogP contribution >= 0.6 is 0 Å². The zero-order valence-corrected chi connectivity index (χ0v) is 17.0. The third kappa shape index (κ3) is 6.44. The van der Waals surface area contributed by atoms with Crippen molar-refractivity contribution in [2.24, 2.45) is 0 Å². The molecular weight excluding hydrogens is 394 g/mol. The Morgan fingerprint density at radius 1 is 1.07 bits per heavy atom. The van der Waals surface area contributed by atoms with Crippen molar-refractivity contribution in [3.05, 3.63) is 66.7 Å². The van der Waals surface area contributed by atoms with Crippen molar-refractivity contribution < 1.29 is 22.7 Å². The van der Waals surface area contributed by atoms with Gasteiger partial charge in [0.05, 0.1) is 4.90 Å². The fraction of sp³-hybridized carbons (Fsp3) is 0.200. The molecule has 0 fully saturated rings. The summed E-state index contributed by atoms with van der Waals surface area (Å²) in [7, 11) is -0.354. The smallest absolute Gasteiger partial charge is 0.259 e. The van der Waals surface area contributed by atoms with Crippen LogP contribution in [0.5, 0.6) is 5.75 Å². The number of hydrogen-bond donors (Lipinski definition) is 2. The monoisotopic (exact) mass is 417 g/mol. The summed E-state index contributed by atoms with van der Waals surface area (Å²) in [4.78, 5) is 25.4. The molecule has 29 heavy (non-hydrogen) atoms. The van der Waals surface area contributed by atoms with Crippen molar-refractivity contribution in [2.45, 2.75) is 4.90 Å². The first kappa shape index (κ1) is 22.1. The minimum Gasteiger partial charge on any atom is -0.484 e. The van der Waals surface area contributed by atoms with E-state index in [1.165, 1.54) is 35.2 Å². The number of amides is 2. The number of carbonyl (C=O) groups is 2. The predicted molar refractivity (Wildman–Crippen MR) is 110 cm³/mol. The van der Waals surface area contributed by atoms with Crippen LogP contribution in [0.15, 0.2) is 66.1 Å². The highest BCUT2D eigenvalue weighted by Crippen LogP contribution is 2.17. The quantitative estimate of drug-likeness (QED) is 0.606. The first-order valence-corrected chi connectivity index (χ1v) is 10.2. The van der Waals surface area contributed by atoms with Gasteiger partial charge in [0.15, 0.2) is 6.61 Å². The number of sulfonamides is 1. The van der Waals surface area contributed by atoms with Gasteiger partial charge in [0.1, 0.15) is 5.75 Å². The molecule has 0 atom stereocenters. The topological polar surface area (TPSA) is 105 Å². The van der Waals surface area contributed by atoms with E-state index in [-0.39, 0.29) is 29.9 Å². The van der Waals surface area contributed by atoms with E-state index in [1.54, 1.807) is 38.4 Å². The summed E-state index contributed by atoms with van der Waals surface area (Å²) in [5.74, 6) is -0.0447. The first-order valence-electron chi connectivity index (χ1n) is 8.68. The van der Waals surface area contributed by atoms with Gasteiger partial charge in [-0.15, -0.1) is 6.58 Å². The van der Waals surface area contributed by atoms with Crippen LogP contribution in [0.25, 0.3) is 0 Å². The minimum atomic E-state index is -3.64. The normalized spacial score (nSPS) is 10.8. The van der Waals surface area contributed by atoms with Crippen LogP contribution in [0, 0.1) is 0 Å². The van der Waals surface area contributed by atoms with Crippen LogP contribution in [-0.2, 0) is 14.8 Å². The summed E-state index contributed by atoms with van der Waals surface area (Å²) in [6, 6.07) is 12.2. The summed E-state index contributed by atoms with van der Waals surface area (Å²) in [6.07, 6.45) is 1.44. The molecule has 0 saturated heterocycles. The van der Waals surface area contributed by atoms with Crippen LogP contribution in [0.2, 0.25) is 0 Å². The summed E-state index contributed by atoms with van der Waals surface area (Å²) >= 11 is 0. The fourth-order valence-electron chi connectivity index (χ4n) is 2.15. The van der Waals surface area contributed by atoms with Crippen LogP contribution in [0.3, 0.4) is 0 Å². The molecule has 0 bridgehead atoms. The Morgan fingerprint density at radius 2 is 1.69 bits per heavy atom. The maximum absolute atomic E-state index is 12.4. The minimum absolute atomic E-state index is 0.0599. The van der Waals surface area contributed by atoms with Gasteiger partial charge in [-0.25, -0.2) is 13.1 Å². The molecule has 0 aliphatic rings. The third-order valence-corrected chi connectivity index (χ3v) is 5.26. The Kier molecular flexibility index (Phi) is 7.52. The number of ether oxygens (including phenoxy) is 1. The number of likely N-dealkylation sites (N-methyl/N-ethyl adjacent to an activating group) is 1. The second kappa shape index (κ2) is 9.85. The van der Waals surface area contributed by atoms with Gasteiger partial charge in [-0.1, -0.05) is 6.08 Å². The van der Waals surface area contributed by atoms with Crippen molar-refractivity contribution in [3.8, 4) is 5.75 Å². The Bertz CT molecular complexity index is 968. The van der Waals surface area contributed by atoms with Crippen LogP contribution < -0.4 is 14.8 Å². The highest BCUT2D eigenvalue weighted by molar-refractivity contribution is 7.89. The molecule has 0 saturated carbocycles. The Hall–Kier alpha value is -3.17. The Balaban J connectivity index is 1.98. The van der Waals surface area contributed by atoms with Gasteiger partial charge in [-0.2, -0.15) is 0 Å². The number of rotatable bonds is 9. The van der Waals surface area contributed by atoms with Crippen LogP contribution in [0.4, 0.5) is 5.69 Å². The molecule has 0 heterocycles. The Morgan fingerprint density at radius 3 is 2.24 bits per heavy atom. The molecule has 0 unspecified atom stereocenters. The molecule has 2 N–H and O–H groups in total. The molecular formula is C20H23N3O5S. The lowest BCUT2D eigenvalue weighted by Crippen LogP contribution is -2.27. The number of benzene rings is 2. The van der Waals surface area contributed by atoms with E-state index in [0.717, 1.165) is 0 Å². The molecule has 0 radical (unpaired) electrons.